The van der Waals surface area contributed by atoms with E-state index in [1.165, 1.54) is 0 Å². The van der Waals surface area contributed by atoms with Crippen LogP contribution in [0.1, 0.15) is 0 Å². The van der Waals surface area contributed by atoms with Crippen LogP contribution >= 0.6 is 0 Å². The highest BCUT2D eigenvalue weighted by Gasteiger charge is 2.44. The van der Waals surface area contributed by atoms with E-state index in [4.69, 9.17) is 0 Å². The second-order valence-electron chi connectivity index (χ2n) is 1.45. The Morgan fingerprint density at radius 2 is 1.57 bits per heavy atom. The molecule has 1 aliphatic heterocycles. The molecule has 0 aromatic rings. The average molecular weight is 111 g/mol. The zero-order valence-corrected chi connectivity index (χ0v) is 3.50. The number of rotatable bonds is 0. The van der Waals surface area contributed by atoms with Crippen LogP contribution in [0.2, 0.25) is 0 Å². The van der Waals surface area contributed by atoms with E-state index < -0.39 is 6.30 Å². The average Bonchev–Trinajstić information content (AvgIpc) is 1.99. The van der Waals surface area contributed by atoms with E-state index in [0.29, 0.717) is 4.90 Å². The summed E-state index contributed by atoms with van der Waals surface area (Å²) in [7, 11) is 0. The Labute approximate surface area is 38.7 Å². The third-order valence-electron chi connectivity index (χ3n) is 0.806. The van der Waals surface area contributed by atoms with Gasteiger partial charge in [0.05, 0.1) is 0 Å². The molecule has 1 fully saturated rings. The predicted molar refractivity (Wildman–Crippen MR) is 17.6 cm³/mol. The van der Waals surface area contributed by atoms with Gasteiger partial charge in [-0.1, -0.05) is 0 Å². The molecule has 1 saturated heterocycles. The lowest BCUT2D eigenvalue weighted by atomic mass is 11.0. The topological polar surface area (TPSA) is 3.01 Å². The Bertz CT molecular complexity index is 72.7. The molecule has 0 saturated carbocycles. The molecule has 42 valence electrons. The zero-order valence-electron chi connectivity index (χ0n) is 3.50. The van der Waals surface area contributed by atoms with Crippen molar-refractivity contribution in [1.29, 1.82) is 0 Å². The van der Waals surface area contributed by atoms with Gasteiger partial charge in [0.1, 0.15) is 0 Å². The molecule has 0 unspecified atom stereocenters. The summed E-state index contributed by atoms with van der Waals surface area (Å²) >= 11 is 0. The van der Waals surface area contributed by atoms with Gasteiger partial charge in [-0.25, -0.2) is 4.90 Å². The lowest BCUT2D eigenvalue weighted by molar-refractivity contribution is -0.203. The second kappa shape index (κ2) is 1.12. The number of halogens is 3. The minimum Gasteiger partial charge on any atom is -0.212 e. The minimum absolute atomic E-state index is 0.184. The van der Waals surface area contributed by atoms with Crippen molar-refractivity contribution in [3.05, 3.63) is 0 Å². The van der Waals surface area contributed by atoms with Crippen molar-refractivity contribution in [2.75, 3.05) is 13.1 Å². The monoisotopic (exact) mass is 111 g/mol. The van der Waals surface area contributed by atoms with E-state index in [1.807, 2.05) is 0 Å². The van der Waals surface area contributed by atoms with Gasteiger partial charge in [-0.05, 0) is 0 Å². The highest BCUT2D eigenvalue weighted by Crippen LogP contribution is 2.26. The number of nitrogens with zero attached hydrogens (tertiary/aromatic N) is 1. The minimum atomic E-state index is -4.06. The molecule has 0 aromatic heterocycles. The predicted octanol–water partition coefficient (Wildman–Crippen LogP) is 0.822. The number of hydrogen-bond donors (Lipinski definition) is 0. The van der Waals surface area contributed by atoms with Crippen LogP contribution in [0.25, 0.3) is 0 Å². The first-order valence-corrected chi connectivity index (χ1v) is 1.92. The van der Waals surface area contributed by atoms with Gasteiger partial charge in [0.25, 0.3) is 0 Å². The molecule has 4 heteroatoms. The van der Waals surface area contributed by atoms with Crippen molar-refractivity contribution in [1.82, 2.24) is 4.90 Å². The summed E-state index contributed by atoms with van der Waals surface area (Å²) in [6.07, 6.45) is -4.06. The van der Waals surface area contributed by atoms with Gasteiger partial charge in [0.15, 0.2) is 0 Å². The van der Waals surface area contributed by atoms with E-state index >= 15 is 0 Å². The number of hydrogen-bond acceptors (Lipinski definition) is 1. The Hall–Kier alpha value is -0.250. The van der Waals surface area contributed by atoms with Crippen LogP contribution in [0.3, 0.4) is 0 Å². The fourth-order valence-electron chi connectivity index (χ4n) is 0.304. The molecular weight excluding hydrogens is 107 g/mol. The highest BCUT2D eigenvalue weighted by molar-refractivity contribution is 4.73. The standard InChI is InChI=1S/C3H4F3N/c4-3(5,6)7-1-2-7/h1-2H2. The molecule has 0 N–H and O–H groups in total. The molecular formula is C3H4F3N. The molecule has 0 aromatic carbocycles. The first kappa shape index (κ1) is 4.90. The molecule has 1 aliphatic rings. The van der Waals surface area contributed by atoms with Crippen LogP contribution in [-0.4, -0.2) is 24.3 Å². The van der Waals surface area contributed by atoms with E-state index in [1.54, 1.807) is 0 Å². The Kier molecular flexibility index (Phi) is 0.786. The van der Waals surface area contributed by atoms with Crippen molar-refractivity contribution in [3.63, 3.8) is 0 Å². The van der Waals surface area contributed by atoms with Crippen molar-refractivity contribution in [2.45, 2.75) is 6.30 Å². The highest BCUT2D eigenvalue weighted by atomic mass is 19.4. The SMILES string of the molecule is FC(F)(F)N1CC1. The lowest BCUT2D eigenvalue weighted by Crippen LogP contribution is -2.19. The molecule has 0 bridgehead atoms. The summed E-state index contributed by atoms with van der Waals surface area (Å²) in [4.78, 5) is 0.438. The molecule has 0 atom stereocenters. The second-order valence-corrected chi connectivity index (χ2v) is 1.45. The van der Waals surface area contributed by atoms with Crippen LogP contribution < -0.4 is 0 Å². The number of alkyl halides is 3. The summed E-state index contributed by atoms with van der Waals surface area (Å²) in [6.45, 7) is 0.368. The summed E-state index contributed by atoms with van der Waals surface area (Å²) in [6, 6.07) is 0. The summed E-state index contributed by atoms with van der Waals surface area (Å²) in [5, 5.41) is 0. The molecule has 0 radical (unpaired) electrons. The van der Waals surface area contributed by atoms with Gasteiger partial charge < -0.3 is 0 Å². The molecule has 1 heterocycles. The van der Waals surface area contributed by atoms with E-state index in [0.717, 1.165) is 0 Å². The van der Waals surface area contributed by atoms with E-state index in [2.05, 4.69) is 0 Å². The van der Waals surface area contributed by atoms with Crippen molar-refractivity contribution < 1.29 is 13.2 Å². The third kappa shape index (κ3) is 1.06. The van der Waals surface area contributed by atoms with Crippen molar-refractivity contribution in [3.8, 4) is 0 Å². The fraction of sp³-hybridized carbons (Fsp3) is 1.00. The van der Waals surface area contributed by atoms with Crippen LogP contribution in [0.4, 0.5) is 13.2 Å². The fourth-order valence-corrected chi connectivity index (χ4v) is 0.304. The quantitative estimate of drug-likeness (QED) is 0.330. The van der Waals surface area contributed by atoms with Gasteiger partial charge >= 0.3 is 6.30 Å². The van der Waals surface area contributed by atoms with Gasteiger partial charge in [-0.15, -0.1) is 0 Å². The zero-order chi connectivity index (χ0) is 5.49. The summed E-state index contributed by atoms with van der Waals surface area (Å²) in [5.41, 5.74) is 0. The van der Waals surface area contributed by atoms with Crippen LogP contribution in [0.5, 0.6) is 0 Å². The lowest BCUT2D eigenvalue weighted by Gasteiger charge is -2.02. The Balaban J connectivity index is 2.36. The van der Waals surface area contributed by atoms with Crippen LogP contribution in [0.15, 0.2) is 0 Å². The van der Waals surface area contributed by atoms with Crippen LogP contribution in [-0.2, 0) is 0 Å². The van der Waals surface area contributed by atoms with Gasteiger partial charge in [0.2, 0.25) is 0 Å². The van der Waals surface area contributed by atoms with E-state index in [-0.39, 0.29) is 13.1 Å². The van der Waals surface area contributed by atoms with E-state index in [9.17, 15) is 13.2 Å². The first-order chi connectivity index (χ1) is 3.11. The van der Waals surface area contributed by atoms with Gasteiger partial charge in [-0.2, -0.15) is 13.2 Å². The molecule has 1 rings (SSSR count). The van der Waals surface area contributed by atoms with Crippen LogP contribution in [0, 0.1) is 0 Å². The molecule has 0 aliphatic carbocycles. The third-order valence-corrected chi connectivity index (χ3v) is 0.806. The maximum absolute atomic E-state index is 11.2. The Morgan fingerprint density at radius 1 is 1.14 bits per heavy atom. The normalized spacial score (nSPS) is 22.7. The maximum Gasteiger partial charge on any atom is 0.460 e. The maximum atomic E-state index is 11.2. The smallest absolute Gasteiger partial charge is 0.212 e. The molecule has 7 heavy (non-hydrogen) atoms. The van der Waals surface area contributed by atoms with Gasteiger partial charge in [0, 0.05) is 13.1 Å². The van der Waals surface area contributed by atoms with Crippen molar-refractivity contribution in [2.24, 2.45) is 0 Å². The Morgan fingerprint density at radius 3 is 1.57 bits per heavy atom. The largest absolute Gasteiger partial charge is 0.460 e. The van der Waals surface area contributed by atoms with Gasteiger partial charge in [-0.3, -0.25) is 0 Å². The summed E-state index contributed by atoms with van der Waals surface area (Å²) < 4.78 is 33.5. The molecule has 0 amide bonds. The first-order valence-electron chi connectivity index (χ1n) is 1.92. The van der Waals surface area contributed by atoms with Crippen molar-refractivity contribution >= 4 is 0 Å². The summed E-state index contributed by atoms with van der Waals surface area (Å²) in [5.74, 6) is 0. The molecule has 1 nitrogen and oxygen atoms in total. The molecule has 0 spiro atoms.